The summed E-state index contributed by atoms with van der Waals surface area (Å²) in [6, 6.07) is 11.5. The van der Waals surface area contributed by atoms with Gasteiger partial charge in [-0.2, -0.15) is 0 Å². The summed E-state index contributed by atoms with van der Waals surface area (Å²) >= 11 is 6.50. The van der Waals surface area contributed by atoms with Crippen LogP contribution in [0.2, 0.25) is 0 Å². The van der Waals surface area contributed by atoms with Gasteiger partial charge < -0.3 is 14.8 Å². The summed E-state index contributed by atoms with van der Waals surface area (Å²) in [4.78, 5) is 16.8. The standard InChI is InChI=1S/C21H20FN3O3S2/c1-3-9-28-15-6-4-5-14(10-15)19(26)24-20(29)25-21-23-17(12-30-21)13-7-8-18(27-2)16(22)11-13/h4-8,10-12H,3,9H2,1-2H3,(H2,23,24,25,26,29). The molecule has 6 nitrogen and oxygen atoms in total. The molecule has 1 amide bonds. The molecule has 0 saturated carbocycles. The molecule has 0 aliphatic heterocycles. The maximum Gasteiger partial charge on any atom is 0.257 e. The number of methoxy groups -OCH3 is 1. The zero-order valence-electron chi connectivity index (χ0n) is 16.4. The third-order valence-electron chi connectivity index (χ3n) is 3.97. The molecule has 0 aliphatic rings. The van der Waals surface area contributed by atoms with E-state index >= 15 is 0 Å². The van der Waals surface area contributed by atoms with Gasteiger partial charge >= 0.3 is 0 Å². The molecule has 2 N–H and O–H groups in total. The number of thiocarbonyl (C=S) groups is 1. The first kappa shape index (κ1) is 21.7. The number of anilines is 1. The monoisotopic (exact) mass is 445 g/mol. The molecule has 3 aromatic rings. The van der Waals surface area contributed by atoms with Crippen LogP contribution in [0.1, 0.15) is 23.7 Å². The smallest absolute Gasteiger partial charge is 0.257 e. The summed E-state index contributed by atoms with van der Waals surface area (Å²) in [5, 5.41) is 7.85. The van der Waals surface area contributed by atoms with Gasteiger partial charge in [0.25, 0.3) is 5.91 Å². The van der Waals surface area contributed by atoms with E-state index in [2.05, 4.69) is 15.6 Å². The number of thiazole rings is 1. The Hall–Kier alpha value is -3.04. The van der Waals surface area contributed by atoms with Crippen LogP contribution >= 0.6 is 23.6 Å². The fourth-order valence-corrected chi connectivity index (χ4v) is 3.52. The number of ether oxygens (including phenoxy) is 2. The van der Waals surface area contributed by atoms with Crippen molar-refractivity contribution in [2.45, 2.75) is 13.3 Å². The molecule has 9 heteroatoms. The Morgan fingerprint density at radius 1 is 1.27 bits per heavy atom. The predicted octanol–water partition coefficient (Wildman–Crippen LogP) is 4.87. The quantitative estimate of drug-likeness (QED) is 0.506. The van der Waals surface area contributed by atoms with Crippen LogP contribution in [0.25, 0.3) is 11.3 Å². The molecule has 0 unspecified atom stereocenters. The van der Waals surface area contributed by atoms with Gasteiger partial charge in [-0.15, -0.1) is 11.3 Å². The molecule has 0 radical (unpaired) electrons. The number of benzene rings is 2. The van der Waals surface area contributed by atoms with E-state index in [0.717, 1.165) is 6.42 Å². The highest BCUT2D eigenvalue weighted by Crippen LogP contribution is 2.28. The average Bonchev–Trinajstić information content (AvgIpc) is 3.20. The summed E-state index contributed by atoms with van der Waals surface area (Å²) in [6.45, 7) is 2.59. The summed E-state index contributed by atoms with van der Waals surface area (Å²) in [5.41, 5.74) is 1.62. The number of hydrogen-bond donors (Lipinski definition) is 2. The molecular weight excluding hydrogens is 425 g/mol. The van der Waals surface area contributed by atoms with Crippen molar-refractivity contribution in [2.75, 3.05) is 19.0 Å². The van der Waals surface area contributed by atoms with Crippen LogP contribution < -0.4 is 20.1 Å². The summed E-state index contributed by atoms with van der Waals surface area (Å²) in [6.07, 6.45) is 0.878. The second kappa shape index (κ2) is 10.1. The van der Waals surface area contributed by atoms with Crippen molar-refractivity contribution < 1.29 is 18.7 Å². The molecule has 0 bridgehead atoms. The van der Waals surface area contributed by atoms with Gasteiger partial charge in [-0.05, 0) is 55.0 Å². The summed E-state index contributed by atoms with van der Waals surface area (Å²) in [7, 11) is 1.41. The lowest BCUT2D eigenvalue weighted by Gasteiger charge is -2.09. The van der Waals surface area contributed by atoms with E-state index in [4.69, 9.17) is 21.7 Å². The minimum absolute atomic E-state index is 0.113. The number of aromatic nitrogens is 1. The molecule has 0 aliphatic carbocycles. The molecule has 0 fully saturated rings. The Morgan fingerprint density at radius 2 is 2.10 bits per heavy atom. The molecule has 156 valence electrons. The summed E-state index contributed by atoms with van der Waals surface area (Å²) < 4.78 is 24.4. The van der Waals surface area contributed by atoms with Crippen LogP contribution in [0, 0.1) is 5.82 Å². The Kier molecular flexibility index (Phi) is 7.31. The van der Waals surface area contributed by atoms with Crippen molar-refractivity contribution in [3.8, 4) is 22.8 Å². The maximum atomic E-state index is 13.9. The van der Waals surface area contributed by atoms with Gasteiger partial charge in [0.1, 0.15) is 5.75 Å². The van der Waals surface area contributed by atoms with Gasteiger partial charge in [-0.1, -0.05) is 13.0 Å². The van der Waals surface area contributed by atoms with E-state index in [0.29, 0.717) is 34.3 Å². The SMILES string of the molecule is CCCOc1cccc(C(=O)NC(=S)Nc2nc(-c3ccc(OC)c(F)c3)cs2)c1. The number of nitrogens with one attached hydrogen (secondary N) is 2. The molecule has 0 saturated heterocycles. The first-order valence-electron chi connectivity index (χ1n) is 9.14. The second-order valence-corrected chi connectivity index (χ2v) is 7.44. The van der Waals surface area contributed by atoms with Crippen LogP contribution in [0.3, 0.4) is 0 Å². The van der Waals surface area contributed by atoms with E-state index in [9.17, 15) is 9.18 Å². The normalized spacial score (nSPS) is 10.4. The molecule has 2 aromatic carbocycles. The van der Waals surface area contributed by atoms with Crippen LogP contribution in [-0.4, -0.2) is 29.7 Å². The van der Waals surface area contributed by atoms with Crippen molar-refractivity contribution in [1.29, 1.82) is 0 Å². The Labute approximate surface area is 183 Å². The number of amides is 1. The van der Waals surface area contributed by atoms with E-state index in [1.54, 1.807) is 41.8 Å². The Balaban J connectivity index is 1.62. The number of carbonyl (C=O) groups excluding carboxylic acids is 1. The van der Waals surface area contributed by atoms with E-state index in [1.165, 1.54) is 24.5 Å². The topological polar surface area (TPSA) is 72.5 Å². The largest absolute Gasteiger partial charge is 0.494 e. The fourth-order valence-electron chi connectivity index (χ4n) is 2.54. The number of hydrogen-bond acceptors (Lipinski definition) is 6. The molecule has 1 heterocycles. The van der Waals surface area contributed by atoms with Crippen molar-refractivity contribution in [3.63, 3.8) is 0 Å². The molecule has 1 aromatic heterocycles. The first-order valence-corrected chi connectivity index (χ1v) is 10.4. The highest BCUT2D eigenvalue weighted by molar-refractivity contribution is 7.80. The fraction of sp³-hybridized carbons (Fsp3) is 0.190. The van der Waals surface area contributed by atoms with E-state index < -0.39 is 5.82 Å². The van der Waals surface area contributed by atoms with Crippen LogP contribution in [-0.2, 0) is 0 Å². The molecular formula is C21H20FN3O3S2. The van der Waals surface area contributed by atoms with Gasteiger partial charge in [0.2, 0.25) is 0 Å². The minimum atomic E-state index is -0.467. The van der Waals surface area contributed by atoms with E-state index in [-0.39, 0.29) is 16.8 Å². The third-order valence-corrected chi connectivity index (χ3v) is 4.93. The minimum Gasteiger partial charge on any atom is -0.494 e. The molecule has 0 spiro atoms. The highest BCUT2D eigenvalue weighted by Gasteiger charge is 2.12. The van der Waals surface area contributed by atoms with Crippen molar-refractivity contribution in [1.82, 2.24) is 10.3 Å². The average molecular weight is 446 g/mol. The van der Waals surface area contributed by atoms with Crippen molar-refractivity contribution >= 4 is 39.7 Å². The molecule has 0 atom stereocenters. The molecule has 3 rings (SSSR count). The number of carbonyl (C=O) groups is 1. The molecule has 30 heavy (non-hydrogen) atoms. The highest BCUT2D eigenvalue weighted by atomic mass is 32.1. The van der Waals surface area contributed by atoms with Gasteiger partial charge in [-0.3, -0.25) is 10.1 Å². The third kappa shape index (κ3) is 5.52. The Bertz CT molecular complexity index is 1060. The maximum absolute atomic E-state index is 13.9. The van der Waals surface area contributed by atoms with Crippen LogP contribution in [0.15, 0.2) is 47.8 Å². The van der Waals surface area contributed by atoms with Crippen molar-refractivity contribution in [3.05, 3.63) is 59.2 Å². The van der Waals surface area contributed by atoms with Crippen LogP contribution in [0.4, 0.5) is 9.52 Å². The lowest BCUT2D eigenvalue weighted by molar-refractivity contribution is 0.0977. The number of halogens is 1. The number of rotatable bonds is 7. The predicted molar refractivity (Wildman–Crippen MR) is 120 cm³/mol. The summed E-state index contributed by atoms with van der Waals surface area (Å²) in [5.74, 6) is -0.0334. The zero-order chi connectivity index (χ0) is 21.5. The van der Waals surface area contributed by atoms with Gasteiger partial charge in [0.15, 0.2) is 21.8 Å². The van der Waals surface area contributed by atoms with E-state index in [1.807, 2.05) is 6.92 Å². The lowest BCUT2D eigenvalue weighted by Crippen LogP contribution is -2.34. The van der Waals surface area contributed by atoms with Crippen molar-refractivity contribution in [2.24, 2.45) is 0 Å². The van der Waals surface area contributed by atoms with Crippen LogP contribution in [0.5, 0.6) is 11.5 Å². The van der Waals surface area contributed by atoms with Gasteiger partial charge in [0, 0.05) is 16.5 Å². The van der Waals surface area contributed by atoms with Gasteiger partial charge in [0.05, 0.1) is 19.4 Å². The second-order valence-electron chi connectivity index (χ2n) is 6.17. The lowest BCUT2D eigenvalue weighted by atomic mass is 10.1. The van der Waals surface area contributed by atoms with Gasteiger partial charge in [-0.25, -0.2) is 9.37 Å². The number of nitrogens with zero attached hydrogens (tertiary/aromatic N) is 1. The Morgan fingerprint density at radius 3 is 2.83 bits per heavy atom. The zero-order valence-corrected chi connectivity index (χ0v) is 18.0. The first-order chi connectivity index (χ1) is 14.5.